The van der Waals surface area contributed by atoms with Crippen LogP contribution in [0.2, 0.25) is 0 Å². The highest BCUT2D eigenvalue weighted by Crippen LogP contribution is 2.36. The van der Waals surface area contributed by atoms with Crippen LogP contribution in [-0.2, 0) is 20.1 Å². The normalized spacial score (nSPS) is 11.4. The third kappa shape index (κ3) is 2.83. The van der Waals surface area contributed by atoms with Gasteiger partial charge in [-0.2, -0.15) is 10.2 Å². The monoisotopic (exact) mass is 396 g/mol. The molecule has 150 valence electrons. The number of oxazole rings is 1. The van der Waals surface area contributed by atoms with E-state index >= 15 is 0 Å². The maximum atomic E-state index is 11.8. The molecule has 4 aromatic heterocycles. The van der Waals surface area contributed by atoms with Crippen LogP contribution in [-0.4, -0.2) is 40.5 Å². The van der Waals surface area contributed by atoms with Crippen molar-refractivity contribution < 1.29 is 14.3 Å². The van der Waals surface area contributed by atoms with Gasteiger partial charge in [-0.3, -0.25) is 14.2 Å². The van der Waals surface area contributed by atoms with E-state index in [-0.39, 0.29) is 23.9 Å². The van der Waals surface area contributed by atoms with E-state index in [1.165, 1.54) is 0 Å². The van der Waals surface area contributed by atoms with Crippen molar-refractivity contribution >= 4 is 16.8 Å². The summed E-state index contributed by atoms with van der Waals surface area (Å²) in [6.07, 6.45) is 1.62. The van der Waals surface area contributed by atoms with E-state index in [0.717, 1.165) is 0 Å². The number of nitrogens with two attached hydrogens (primary N) is 2. The summed E-state index contributed by atoms with van der Waals surface area (Å²) in [7, 11) is 1.75. The van der Waals surface area contributed by atoms with Gasteiger partial charge in [-0.05, 0) is 19.9 Å². The van der Waals surface area contributed by atoms with Crippen LogP contribution in [0.1, 0.15) is 28.9 Å². The number of pyridine rings is 1. The number of hydrogen-bond acceptors (Lipinski definition) is 8. The minimum atomic E-state index is -0.676. The Morgan fingerprint density at radius 1 is 1.31 bits per heavy atom. The van der Waals surface area contributed by atoms with Crippen molar-refractivity contribution in [1.82, 2.24) is 29.5 Å². The molecule has 0 spiro atoms. The number of aryl methyl sites for hydroxylation is 3. The topological polar surface area (TPSA) is 164 Å². The fourth-order valence-electron chi connectivity index (χ4n) is 3.24. The van der Waals surface area contributed by atoms with Gasteiger partial charge in [0.05, 0.1) is 18.3 Å². The molecule has 0 radical (unpaired) electrons. The van der Waals surface area contributed by atoms with Crippen LogP contribution in [0.25, 0.3) is 33.9 Å². The predicted molar refractivity (Wildman–Crippen MR) is 104 cm³/mol. The SMILES string of the molecule is CCn1nc(C)c(O)c1-c1nc(-c2nc(C(N)=O)cc3c2cnn3C)c(CN)o1. The zero-order chi connectivity index (χ0) is 20.9. The molecule has 0 aliphatic carbocycles. The second-order valence-corrected chi connectivity index (χ2v) is 6.51. The Morgan fingerprint density at radius 2 is 2.07 bits per heavy atom. The lowest BCUT2D eigenvalue weighted by Crippen LogP contribution is -2.14. The molecule has 0 aliphatic heterocycles. The number of rotatable bonds is 5. The number of carbonyl (C=O) groups excluding carboxylic acids is 1. The summed E-state index contributed by atoms with van der Waals surface area (Å²) >= 11 is 0. The Morgan fingerprint density at radius 3 is 2.72 bits per heavy atom. The van der Waals surface area contributed by atoms with E-state index in [1.54, 1.807) is 35.6 Å². The number of aromatic hydroxyl groups is 1. The second-order valence-electron chi connectivity index (χ2n) is 6.51. The molecule has 0 atom stereocenters. The number of carbonyl (C=O) groups is 1. The highest BCUT2D eigenvalue weighted by molar-refractivity contribution is 5.99. The number of primary amides is 1. The molecule has 0 unspecified atom stereocenters. The second kappa shape index (κ2) is 6.71. The largest absolute Gasteiger partial charge is 0.504 e. The molecule has 5 N–H and O–H groups in total. The number of nitrogens with zero attached hydrogens (tertiary/aromatic N) is 6. The van der Waals surface area contributed by atoms with Gasteiger partial charge in [0.1, 0.15) is 28.5 Å². The van der Waals surface area contributed by atoms with Gasteiger partial charge in [0.25, 0.3) is 5.91 Å². The third-order valence-corrected chi connectivity index (χ3v) is 4.70. The molecule has 0 saturated heterocycles. The summed E-state index contributed by atoms with van der Waals surface area (Å²) in [6, 6.07) is 1.57. The minimum Gasteiger partial charge on any atom is -0.504 e. The lowest BCUT2D eigenvalue weighted by atomic mass is 10.1. The van der Waals surface area contributed by atoms with Crippen molar-refractivity contribution in [2.45, 2.75) is 26.9 Å². The van der Waals surface area contributed by atoms with Gasteiger partial charge < -0.3 is 21.0 Å². The first-order chi connectivity index (χ1) is 13.8. The minimum absolute atomic E-state index is 0.0198. The standard InChI is InChI=1S/C18H20N8O3/c1-4-26-15(16(27)8(2)24-26)18-23-14(12(6-19)29-18)13-9-7-21-25(3)11(9)5-10(22-13)17(20)28/h5,7,27H,4,6,19H2,1-3H3,(H2,20,28). The Kier molecular flexibility index (Phi) is 4.31. The Bertz CT molecular complexity index is 1250. The van der Waals surface area contributed by atoms with Crippen LogP contribution in [0.15, 0.2) is 16.7 Å². The molecular weight excluding hydrogens is 376 g/mol. The molecule has 4 aromatic rings. The van der Waals surface area contributed by atoms with Crippen LogP contribution >= 0.6 is 0 Å². The van der Waals surface area contributed by atoms with E-state index in [1.807, 2.05) is 6.92 Å². The Balaban J connectivity index is 1.99. The molecule has 0 aliphatic rings. The molecule has 0 saturated carbocycles. The highest BCUT2D eigenvalue weighted by Gasteiger charge is 2.26. The quantitative estimate of drug-likeness (QED) is 0.451. The molecule has 29 heavy (non-hydrogen) atoms. The summed E-state index contributed by atoms with van der Waals surface area (Å²) in [5.41, 5.74) is 13.6. The average Bonchev–Trinajstić information content (AvgIpc) is 3.37. The number of hydrogen-bond donors (Lipinski definition) is 3. The Labute approximate surface area is 165 Å². The molecule has 0 aromatic carbocycles. The first-order valence-corrected chi connectivity index (χ1v) is 8.95. The third-order valence-electron chi connectivity index (χ3n) is 4.70. The lowest BCUT2D eigenvalue weighted by Gasteiger charge is -2.04. The highest BCUT2D eigenvalue weighted by atomic mass is 16.4. The molecule has 4 rings (SSSR count). The first-order valence-electron chi connectivity index (χ1n) is 8.95. The maximum Gasteiger partial charge on any atom is 0.267 e. The van der Waals surface area contributed by atoms with Crippen LogP contribution in [0.4, 0.5) is 0 Å². The van der Waals surface area contributed by atoms with Crippen LogP contribution in [0.3, 0.4) is 0 Å². The van der Waals surface area contributed by atoms with Crippen LogP contribution < -0.4 is 11.5 Å². The van der Waals surface area contributed by atoms with Crippen molar-refractivity contribution in [3.05, 3.63) is 29.4 Å². The van der Waals surface area contributed by atoms with E-state index in [9.17, 15) is 9.90 Å². The van der Waals surface area contributed by atoms with Gasteiger partial charge in [0, 0.05) is 19.0 Å². The number of fused-ring (bicyclic) bond motifs is 1. The summed E-state index contributed by atoms with van der Waals surface area (Å²) in [5.74, 6) is -0.192. The van der Waals surface area contributed by atoms with E-state index in [4.69, 9.17) is 15.9 Å². The van der Waals surface area contributed by atoms with Crippen molar-refractivity contribution in [3.8, 4) is 28.7 Å². The molecule has 0 fully saturated rings. The van der Waals surface area contributed by atoms with Crippen molar-refractivity contribution in [3.63, 3.8) is 0 Å². The van der Waals surface area contributed by atoms with Gasteiger partial charge in [-0.25, -0.2) is 9.97 Å². The zero-order valence-corrected chi connectivity index (χ0v) is 16.2. The van der Waals surface area contributed by atoms with Gasteiger partial charge >= 0.3 is 0 Å². The fourth-order valence-corrected chi connectivity index (χ4v) is 3.24. The molecule has 0 bridgehead atoms. The molecule has 11 heteroatoms. The average molecular weight is 396 g/mol. The smallest absolute Gasteiger partial charge is 0.267 e. The lowest BCUT2D eigenvalue weighted by molar-refractivity contribution is 0.0996. The Hall–Kier alpha value is -3.73. The van der Waals surface area contributed by atoms with Crippen molar-refractivity contribution in [1.29, 1.82) is 0 Å². The fraction of sp³-hybridized carbons (Fsp3) is 0.278. The van der Waals surface area contributed by atoms with E-state index < -0.39 is 5.91 Å². The first kappa shape index (κ1) is 18.6. The predicted octanol–water partition coefficient (Wildman–Crippen LogP) is 1.08. The van der Waals surface area contributed by atoms with Crippen LogP contribution in [0, 0.1) is 6.92 Å². The zero-order valence-electron chi connectivity index (χ0n) is 16.2. The van der Waals surface area contributed by atoms with Gasteiger partial charge in [-0.1, -0.05) is 0 Å². The summed E-state index contributed by atoms with van der Waals surface area (Å²) in [4.78, 5) is 20.7. The summed E-state index contributed by atoms with van der Waals surface area (Å²) in [5, 5.41) is 19.6. The van der Waals surface area contributed by atoms with Gasteiger partial charge in [0.15, 0.2) is 11.4 Å². The number of amides is 1. The summed E-state index contributed by atoms with van der Waals surface area (Å²) < 4.78 is 9.06. The molecule has 1 amide bonds. The maximum absolute atomic E-state index is 11.8. The number of aromatic nitrogens is 6. The van der Waals surface area contributed by atoms with Gasteiger partial charge in [-0.15, -0.1) is 0 Å². The van der Waals surface area contributed by atoms with Crippen LogP contribution in [0.5, 0.6) is 5.75 Å². The molecule has 11 nitrogen and oxygen atoms in total. The van der Waals surface area contributed by atoms with E-state index in [0.29, 0.717) is 46.0 Å². The molecule has 4 heterocycles. The molecular formula is C18H20N8O3. The van der Waals surface area contributed by atoms with Gasteiger partial charge in [0.2, 0.25) is 5.89 Å². The van der Waals surface area contributed by atoms with Crippen molar-refractivity contribution in [2.75, 3.05) is 0 Å². The van der Waals surface area contributed by atoms with Crippen molar-refractivity contribution in [2.24, 2.45) is 18.5 Å². The van der Waals surface area contributed by atoms with E-state index in [2.05, 4.69) is 20.2 Å². The summed E-state index contributed by atoms with van der Waals surface area (Å²) in [6.45, 7) is 4.12.